The van der Waals surface area contributed by atoms with Crippen LogP contribution in [0.3, 0.4) is 0 Å². The van der Waals surface area contributed by atoms with Gasteiger partial charge in [0, 0.05) is 24.9 Å². The molecule has 0 spiro atoms. The van der Waals surface area contributed by atoms with Gasteiger partial charge in [-0.25, -0.2) is 4.90 Å². The van der Waals surface area contributed by atoms with E-state index in [0.717, 1.165) is 11.3 Å². The molecule has 0 saturated heterocycles. The zero-order chi connectivity index (χ0) is 22.1. The number of hydrogen-bond acceptors (Lipinski definition) is 5. The molecule has 7 nitrogen and oxygen atoms in total. The summed E-state index contributed by atoms with van der Waals surface area (Å²) in [5.74, 6) is -0.912. The third kappa shape index (κ3) is 3.46. The Hall–Kier alpha value is -4.26. The molecule has 1 aliphatic heterocycles. The number of imide groups is 1. The molecule has 0 aliphatic carbocycles. The molecule has 2 amide bonds. The quantitative estimate of drug-likeness (QED) is 0.353. The number of aryl methyl sites for hydroxylation is 1. The molecule has 0 radical (unpaired) electrons. The van der Waals surface area contributed by atoms with E-state index in [1.165, 1.54) is 29.2 Å². The molecule has 3 aromatic rings. The Morgan fingerprint density at radius 2 is 1.45 bits per heavy atom. The van der Waals surface area contributed by atoms with Gasteiger partial charge < -0.3 is 4.90 Å². The smallest absolute Gasteiger partial charge is 0.282 e. The molecule has 0 N–H and O–H groups in total. The summed E-state index contributed by atoms with van der Waals surface area (Å²) in [6.07, 6.45) is 0. The van der Waals surface area contributed by atoms with E-state index >= 15 is 0 Å². The molecule has 3 aromatic carbocycles. The van der Waals surface area contributed by atoms with Crippen molar-refractivity contribution in [3.05, 3.63) is 106 Å². The maximum absolute atomic E-state index is 13.5. The van der Waals surface area contributed by atoms with Crippen molar-refractivity contribution in [2.45, 2.75) is 6.92 Å². The first kappa shape index (κ1) is 20.0. The minimum absolute atomic E-state index is 0.0881. The standard InChI is InChI=1S/C24H19N3O4/c1-16-8-6-7-11-20(16)26-23(28)21(17-12-14-19(15-13-17)27(30)31)22(24(26)29)25(2)18-9-4-3-5-10-18/h3-15H,1-2H3. The maximum atomic E-state index is 13.5. The van der Waals surface area contributed by atoms with Gasteiger partial charge in [-0.15, -0.1) is 0 Å². The predicted molar refractivity (Wildman–Crippen MR) is 119 cm³/mol. The SMILES string of the molecule is Cc1ccccc1N1C(=O)C(c2ccc([N+](=O)[O-])cc2)=C(N(C)c2ccccc2)C1=O. The van der Waals surface area contributed by atoms with E-state index in [0.29, 0.717) is 11.3 Å². The van der Waals surface area contributed by atoms with E-state index in [2.05, 4.69) is 0 Å². The number of anilines is 2. The minimum atomic E-state index is -0.504. The second-order valence-electron chi connectivity index (χ2n) is 7.15. The van der Waals surface area contributed by atoms with E-state index < -0.39 is 16.7 Å². The molecule has 31 heavy (non-hydrogen) atoms. The second-order valence-corrected chi connectivity index (χ2v) is 7.15. The molecule has 1 aliphatic rings. The number of nitro benzene ring substituents is 1. The molecule has 4 rings (SSSR count). The van der Waals surface area contributed by atoms with Crippen molar-refractivity contribution >= 4 is 34.4 Å². The molecular formula is C24H19N3O4. The van der Waals surface area contributed by atoms with Gasteiger partial charge in [0.1, 0.15) is 5.70 Å². The Labute approximate surface area is 179 Å². The van der Waals surface area contributed by atoms with Gasteiger partial charge in [0.05, 0.1) is 16.2 Å². The summed E-state index contributed by atoms with van der Waals surface area (Å²) in [7, 11) is 1.72. The maximum Gasteiger partial charge on any atom is 0.282 e. The molecule has 0 saturated carbocycles. The number of para-hydroxylation sites is 2. The van der Waals surface area contributed by atoms with E-state index in [1.54, 1.807) is 24.1 Å². The van der Waals surface area contributed by atoms with Gasteiger partial charge in [0.2, 0.25) is 0 Å². The van der Waals surface area contributed by atoms with Crippen LogP contribution in [0, 0.1) is 17.0 Å². The number of rotatable bonds is 5. The van der Waals surface area contributed by atoms with Crippen molar-refractivity contribution in [1.82, 2.24) is 0 Å². The number of hydrogen-bond donors (Lipinski definition) is 0. The molecule has 7 heteroatoms. The molecule has 0 fully saturated rings. The molecule has 0 atom stereocenters. The van der Waals surface area contributed by atoms with Crippen molar-refractivity contribution in [3.8, 4) is 0 Å². The van der Waals surface area contributed by atoms with Crippen molar-refractivity contribution in [3.63, 3.8) is 0 Å². The highest BCUT2D eigenvalue weighted by Gasteiger charge is 2.42. The fraction of sp³-hybridized carbons (Fsp3) is 0.0833. The fourth-order valence-electron chi connectivity index (χ4n) is 3.65. The van der Waals surface area contributed by atoms with E-state index in [-0.39, 0.29) is 17.0 Å². The van der Waals surface area contributed by atoms with Crippen LogP contribution in [0.2, 0.25) is 0 Å². The van der Waals surface area contributed by atoms with Crippen LogP contribution in [-0.4, -0.2) is 23.8 Å². The lowest BCUT2D eigenvalue weighted by molar-refractivity contribution is -0.384. The van der Waals surface area contributed by atoms with Crippen molar-refractivity contribution < 1.29 is 14.5 Å². The summed E-state index contributed by atoms with van der Waals surface area (Å²) in [6, 6.07) is 22.1. The number of non-ortho nitro benzene ring substituents is 1. The van der Waals surface area contributed by atoms with Gasteiger partial charge >= 0.3 is 0 Å². The van der Waals surface area contributed by atoms with Crippen LogP contribution >= 0.6 is 0 Å². The molecule has 0 aromatic heterocycles. The highest BCUT2D eigenvalue weighted by atomic mass is 16.6. The van der Waals surface area contributed by atoms with Gasteiger partial charge in [-0.1, -0.05) is 36.4 Å². The molecule has 0 bridgehead atoms. The topological polar surface area (TPSA) is 83.8 Å². The number of likely N-dealkylation sites (N-methyl/N-ethyl adjacent to an activating group) is 1. The molecular weight excluding hydrogens is 394 g/mol. The van der Waals surface area contributed by atoms with Crippen LogP contribution in [0.1, 0.15) is 11.1 Å². The normalized spacial score (nSPS) is 13.7. The van der Waals surface area contributed by atoms with Gasteiger partial charge in [-0.2, -0.15) is 0 Å². The lowest BCUT2D eigenvalue weighted by atomic mass is 10.0. The van der Waals surface area contributed by atoms with Crippen molar-refractivity contribution in [2.75, 3.05) is 16.8 Å². The van der Waals surface area contributed by atoms with Crippen LogP contribution in [-0.2, 0) is 9.59 Å². The van der Waals surface area contributed by atoms with Crippen LogP contribution in [0.5, 0.6) is 0 Å². The summed E-state index contributed by atoms with van der Waals surface area (Å²) in [4.78, 5) is 40.4. The largest absolute Gasteiger partial charge is 0.339 e. The first-order valence-electron chi connectivity index (χ1n) is 9.62. The molecule has 154 valence electrons. The number of benzene rings is 3. The summed E-state index contributed by atoms with van der Waals surface area (Å²) < 4.78 is 0. The number of amides is 2. The second kappa shape index (κ2) is 7.87. The lowest BCUT2D eigenvalue weighted by Crippen LogP contribution is -2.34. The van der Waals surface area contributed by atoms with Gasteiger partial charge in [0.15, 0.2) is 0 Å². The third-order valence-electron chi connectivity index (χ3n) is 5.26. The van der Waals surface area contributed by atoms with Gasteiger partial charge in [0.25, 0.3) is 17.5 Å². The minimum Gasteiger partial charge on any atom is -0.339 e. The summed E-state index contributed by atoms with van der Waals surface area (Å²) >= 11 is 0. The Morgan fingerprint density at radius 3 is 2.06 bits per heavy atom. The molecule has 0 unspecified atom stereocenters. The highest BCUT2D eigenvalue weighted by Crippen LogP contribution is 2.37. The van der Waals surface area contributed by atoms with E-state index in [1.807, 2.05) is 49.4 Å². The first-order valence-corrected chi connectivity index (χ1v) is 9.62. The number of carbonyl (C=O) groups excluding carboxylic acids is 2. The van der Waals surface area contributed by atoms with Gasteiger partial charge in [-0.3, -0.25) is 19.7 Å². The van der Waals surface area contributed by atoms with E-state index in [9.17, 15) is 19.7 Å². The van der Waals surface area contributed by atoms with Crippen LogP contribution in [0.25, 0.3) is 5.57 Å². The molecule has 1 heterocycles. The fourth-order valence-corrected chi connectivity index (χ4v) is 3.65. The predicted octanol–water partition coefficient (Wildman–Crippen LogP) is 4.32. The van der Waals surface area contributed by atoms with Crippen LogP contribution in [0.4, 0.5) is 17.1 Å². The Bertz CT molecular complexity index is 1220. The Balaban J connectivity index is 1.89. The lowest BCUT2D eigenvalue weighted by Gasteiger charge is -2.22. The average Bonchev–Trinajstić information content (AvgIpc) is 3.04. The summed E-state index contributed by atoms with van der Waals surface area (Å²) in [6.45, 7) is 1.83. The number of nitro groups is 1. The monoisotopic (exact) mass is 413 g/mol. The summed E-state index contributed by atoms with van der Waals surface area (Å²) in [5.41, 5.74) is 2.81. The highest BCUT2D eigenvalue weighted by molar-refractivity contribution is 6.46. The number of nitrogens with zero attached hydrogens (tertiary/aromatic N) is 3. The van der Waals surface area contributed by atoms with Crippen LogP contribution < -0.4 is 9.80 Å². The van der Waals surface area contributed by atoms with Gasteiger partial charge in [-0.05, 0) is 48.4 Å². The van der Waals surface area contributed by atoms with Crippen molar-refractivity contribution in [2.24, 2.45) is 0 Å². The zero-order valence-electron chi connectivity index (χ0n) is 17.0. The Kier molecular flexibility index (Phi) is 5.09. The zero-order valence-corrected chi connectivity index (χ0v) is 17.0. The third-order valence-corrected chi connectivity index (χ3v) is 5.26. The van der Waals surface area contributed by atoms with Crippen LogP contribution in [0.15, 0.2) is 84.6 Å². The average molecular weight is 413 g/mol. The summed E-state index contributed by atoms with van der Waals surface area (Å²) in [5, 5.41) is 11.0. The first-order chi connectivity index (χ1) is 14.9. The van der Waals surface area contributed by atoms with Crippen molar-refractivity contribution in [1.29, 1.82) is 0 Å². The van der Waals surface area contributed by atoms with E-state index in [4.69, 9.17) is 0 Å². The Morgan fingerprint density at radius 1 is 0.839 bits per heavy atom. The number of carbonyl (C=O) groups is 2.